The lowest BCUT2D eigenvalue weighted by molar-refractivity contribution is -0.126. The van der Waals surface area contributed by atoms with E-state index < -0.39 is 10.0 Å². The molecular formula is C21H26N2O3S. The summed E-state index contributed by atoms with van der Waals surface area (Å²) in [6.07, 6.45) is 1.08. The Morgan fingerprint density at radius 1 is 1.04 bits per heavy atom. The molecule has 6 heteroatoms. The highest BCUT2D eigenvalue weighted by Gasteiger charge is 2.32. The number of benzene rings is 2. The molecule has 1 amide bonds. The van der Waals surface area contributed by atoms with Gasteiger partial charge >= 0.3 is 0 Å². The third-order valence-electron chi connectivity index (χ3n) is 5.14. The van der Waals surface area contributed by atoms with Crippen LogP contribution in [-0.4, -0.2) is 31.7 Å². The molecule has 3 rings (SSSR count). The largest absolute Gasteiger partial charge is 0.349 e. The number of nitrogens with zero attached hydrogens (tertiary/aromatic N) is 1. The number of aryl methyl sites for hydroxylation is 1. The van der Waals surface area contributed by atoms with Gasteiger partial charge in [0.05, 0.1) is 10.9 Å². The van der Waals surface area contributed by atoms with Crippen LogP contribution < -0.4 is 5.32 Å². The van der Waals surface area contributed by atoms with Crippen LogP contribution in [0.25, 0.3) is 0 Å². The molecule has 0 radical (unpaired) electrons. The van der Waals surface area contributed by atoms with Crippen molar-refractivity contribution in [1.82, 2.24) is 9.62 Å². The van der Waals surface area contributed by atoms with Crippen LogP contribution in [0.2, 0.25) is 0 Å². The molecular weight excluding hydrogens is 360 g/mol. The van der Waals surface area contributed by atoms with Gasteiger partial charge in [0.15, 0.2) is 0 Å². The van der Waals surface area contributed by atoms with Gasteiger partial charge in [0, 0.05) is 19.0 Å². The second kappa shape index (κ2) is 8.23. The number of sulfonamides is 1. The van der Waals surface area contributed by atoms with Crippen LogP contribution in [0.15, 0.2) is 59.5 Å². The van der Waals surface area contributed by atoms with E-state index in [2.05, 4.69) is 5.32 Å². The van der Waals surface area contributed by atoms with Crippen LogP contribution in [0, 0.1) is 12.8 Å². The Balaban J connectivity index is 1.57. The van der Waals surface area contributed by atoms with Gasteiger partial charge in [0.25, 0.3) is 0 Å². The summed E-state index contributed by atoms with van der Waals surface area (Å²) in [7, 11) is -3.48. The van der Waals surface area contributed by atoms with Gasteiger partial charge < -0.3 is 5.32 Å². The lowest BCUT2D eigenvalue weighted by atomic mass is 9.96. The minimum absolute atomic E-state index is 0.000154. The van der Waals surface area contributed by atoms with Gasteiger partial charge in [-0.3, -0.25) is 4.79 Å². The average molecular weight is 387 g/mol. The summed E-state index contributed by atoms with van der Waals surface area (Å²) < 4.78 is 26.8. The number of carbonyl (C=O) groups is 1. The van der Waals surface area contributed by atoms with Crippen LogP contribution in [-0.2, 0) is 14.8 Å². The molecule has 0 aromatic heterocycles. The summed E-state index contributed by atoms with van der Waals surface area (Å²) in [6.45, 7) is 4.74. The Morgan fingerprint density at radius 3 is 2.22 bits per heavy atom. The fourth-order valence-electron chi connectivity index (χ4n) is 3.37. The molecule has 1 heterocycles. The fourth-order valence-corrected chi connectivity index (χ4v) is 4.86. The van der Waals surface area contributed by atoms with Crippen molar-refractivity contribution in [2.24, 2.45) is 5.92 Å². The molecule has 1 fully saturated rings. The van der Waals surface area contributed by atoms with E-state index in [0.29, 0.717) is 30.8 Å². The summed E-state index contributed by atoms with van der Waals surface area (Å²) in [6, 6.07) is 16.5. The molecule has 0 unspecified atom stereocenters. The predicted octanol–water partition coefficient (Wildman–Crippen LogP) is 3.27. The molecule has 5 nitrogen and oxygen atoms in total. The second-order valence-corrected chi connectivity index (χ2v) is 9.07. The number of hydrogen-bond donors (Lipinski definition) is 1. The molecule has 144 valence electrons. The fraction of sp³-hybridized carbons (Fsp3) is 0.381. The van der Waals surface area contributed by atoms with Gasteiger partial charge in [-0.2, -0.15) is 4.31 Å². The Morgan fingerprint density at radius 2 is 1.63 bits per heavy atom. The monoisotopic (exact) mass is 386 g/mol. The van der Waals surface area contributed by atoms with E-state index >= 15 is 0 Å². The zero-order valence-corrected chi connectivity index (χ0v) is 16.6. The zero-order valence-electron chi connectivity index (χ0n) is 15.8. The van der Waals surface area contributed by atoms with E-state index in [1.165, 1.54) is 9.87 Å². The van der Waals surface area contributed by atoms with Crippen molar-refractivity contribution in [3.05, 3.63) is 65.7 Å². The molecule has 1 N–H and O–H groups in total. The SMILES string of the molecule is Cc1ccc([C@@H](C)NC(=O)C2CCN(S(=O)(=O)c3ccccc3)CC2)cc1. The Bertz CT molecular complexity index is 871. The van der Waals surface area contributed by atoms with E-state index in [1.54, 1.807) is 30.3 Å². The normalized spacial score (nSPS) is 17.4. The van der Waals surface area contributed by atoms with Crippen molar-refractivity contribution in [3.63, 3.8) is 0 Å². The Kier molecular flexibility index (Phi) is 5.97. The first-order chi connectivity index (χ1) is 12.9. The van der Waals surface area contributed by atoms with Gasteiger partial charge in [-0.1, -0.05) is 48.0 Å². The highest BCUT2D eigenvalue weighted by Crippen LogP contribution is 2.24. The van der Waals surface area contributed by atoms with Gasteiger partial charge in [-0.15, -0.1) is 0 Å². The first kappa shape index (κ1) is 19.6. The van der Waals surface area contributed by atoms with Crippen LogP contribution in [0.4, 0.5) is 0 Å². The predicted molar refractivity (Wildman–Crippen MR) is 106 cm³/mol. The highest BCUT2D eigenvalue weighted by atomic mass is 32.2. The lowest BCUT2D eigenvalue weighted by Crippen LogP contribution is -2.43. The summed E-state index contributed by atoms with van der Waals surface area (Å²) >= 11 is 0. The molecule has 2 aromatic carbocycles. The molecule has 0 spiro atoms. The highest BCUT2D eigenvalue weighted by molar-refractivity contribution is 7.89. The van der Waals surface area contributed by atoms with Crippen molar-refractivity contribution >= 4 is 15.9 Å². The molecule has 1 atom stereocenters. The maximum absolute atomic E-state index is 12.7. The third kappa shape index (κ3) is 4.57. The van der Waals surface area contributed by atoms with Crippen molar-refractivity contribution in [1.29, 1.82) is 0 Å². The van der Waals surface area contributed by atoms with Gasteiger partial charge in [-0.25, -0.2) is 8.42 Å². The average Bonchev–Trinajstić information content (AvgIpc) is 2.69. The quantitative estimate of drug-likeness (QED) is 0.858. The van der Waals surface area contributed by atoms with Gasteiger partial charge in [-0.05, 0) is 44.4 Å². The zero-order chi connectivity index (χ0) is 19.4. The minimum atomic E-state index is -3.48. The first-order valence-electron chi connectivity index (χ1n) is 9.30. The maximum atomic E-state index is 12.7. The van der Waals surface area contributed by atoms with E-state index in [-0.39, 0.29) is 17.9 Å². The van der Waals surface area contributed by atoms with Gasteiger partial charge in [0.2, 0.25) is 15.9 Å². The number of amides is 1. The van der Waals surface area contributed by atoms with Crippen molar-refractivity contribution in [2.45, 2.75) is 37.6 Å². The van der Waals surface area contributed by atoms with Crippen molar-refractivity contribution in [2.75, 3.05) is 13.1 Å². The summed E-state index contributed by atoms with van der Waals surface area (Å²) in [5.74, 6) is -0.153. The molecule has 0 bridgehead atoms. The lowest BCUT2D eigenvalue weighted by Gasteiger charge is -2.31. The topological polar surface area (TPSA) is 66.5 Å². The molecule has 1 aliphatic heterocycles. The number of piperidine rings is 1. The minimum Gasteiger partial charge on any atom is -0.349 e. The van der Waals surface area contributed by atoms with E-state index in [4.69, 9.17) is 0 Å². The molecule has 1 saturated heterocycles. The van der Waals surface area contributed by atoms with Crippen LogP contribution in [0.3, 0.4) is 0 Å². The second-order valence-electron chi connectivity index (χ2n) is 7.13. The van der Waals surface area contributed by atoms with Crippen molar-refractivity contribution < 1.29 is 13.2 Å². The van der Waals surface area contributed by atoms with Gasteiger partial charge in [0.1, 0.15) is 0 Å². The number of carbonyl (C=O) groups excluding carboxylic acids is 1. The van der Waals surface area contributed by atoms with E-state index in [0.717, 1.165) is 5.56 Å². The Labute approximate surface area is 161 Å². The summed E-state index contributed by atoms with van der Waals surface area (Å²) in [5, 5.41) is 3.06. The number of nitrogens with one attached hydrogen (secondary N) is 1. The Hall–Kier alpha value is -2.18. The van der Waals surface area contributed by atoms with Crippen LogP contribution in [0.5, 0.6) is 0 Å². The summed E-state index contributed by atoms with van der Waals surface area (Å²) in [5.41, 5.74) is 2.25. The maximum Gasteiger partial charge on any atom is 0.243 e. The number of hydrogen-bond acceptors (Lipinski definition) is 3. The first-order valence-corrected chi connectivity index (χ1v) is 10.7. The molecule has 1 aliphatic rings. The molecule has 0 saturated carbocycles. The number of rotatable bonds is 5. The third-order valence-corrected chi connectivity index (χ3v) is 7.05. The van der Waals surface area contributed by atoms with Crippen molar-refractivity contribution in [3.8, 4) is 0 Å². The summed E-state index contributed by atoms with van der Waals surface area (Å²) in [4.78, 5) is 12.9. The smallest absolute Gasteiger partial charge is 0.243 e. The molecule has 2 aromatic rings. The van der Waals surface area contributed by atoms with Crippen LogP contribution in [0.1, 0.15) is 36.9 Å². The molecule has 27 heavy (non-hydrogen) atoms. The molecule has 0 aliphatic carbocycles. The van der Waals surface area contributed by atoms with E-state index in [9.17, 15) is 13.2 Å². The van der Waals surface area contributed by atoms with E-state index in [1.807, 2.05) is 38.1 Å². The van der Waals surface area contributed by atoms with Crippen LogP contribution >= 0.6 is 0 Å². The standard InChI is InChI=1S/C21H26N2O3S/c1-16-8-10-18(11-9-16)17(2)22-21(24)19-12-14-23(15-13-19)27(25,26)20-6-4-3-5-7-20/h3-11,17,19H,12-15H2,1-2H3,(H,22,24)/t17-/m1/s1.